The number of sulfone groups is 1. The summed E-state index contributed by atoms with van der Waals surface area (Å²) in [5.41, 5.74) is 5.41. The summed E-state index contributed by atoms with van der Waals surface area (Å²) in [4.78, 5) is 0.260. The predicted octanol–water partition coefficient (Wildman–Crippen LogP) is 2.47. The molecule has 0 aliphatic rings. The maximum absolute atomic E-state index is 12.2. The highest BCUT2D eigenvalue weighted by Crippen LogP contribution is 2.25. The quantitative estimate of drug-likeness (QED) is 0.935. The Morgan fingerprint density at radius 3 is 2.39 bits per heavy atom. The van der Waals surface area contributed by atoms with E-state index in [1.165, 1.54) is 0 Å². The third-order valence-electron chi connectivity index (χ3n) is 2.42. The maximum atomic E-state index is 12.2. The molecule has 2 aromatic rings. The second-order valence-corrected chi connectivity index (χ2v) is 6.57. The molecule has 0 aliphatic heterocycles. The first-order valence-corrected chi connectivity index (χ1v) is 7.72. The number of furan rings is 1. The fraction of sp³-hybridized carbons (Fsp3) is 0.167. The van der Waals surface area contributed by atoms with E-state index in [2.05, 4.69) is 15.9 Å². The molecule has 6 heteroatoms. The van der Waals surface area contributed by atoms with E-state index in [-0.39, 0.29) is 17.2 Å². The Balaban J connectivity index is 2.30. The zero-order valence-electron chi connectivity index (χ0n) is 9.47. The Hall–Kier alpha value is -1.11. The predicted molar refractivity (Wildman–Crippen MR) is 71.6 cm³/mol. The summed E-state index contributed by atoms with van der Waals surface area (Å²) in [5, 5.41) is 0. The van der Waals surface area contributed by atoms with Crippen LogP contribution in [0.25, 0.3) is 0 Å². The molecular formula is C12H12BrNO3S. The zero-order valence-corrected chi connectivity index (χ0v) is 11.9. The van der Waals surface area contributed by atoms with E-state index in [1.54, 1.807) is 36.4 Å². The van der Waals surface area contributed by atoms with Crippen molar-refractivity contribution in [2.24, 2.45) is 5.73 Å². The van der Waals surface area contributed by atoms with Crippen molar-refractivity contribution >= 4 is 25.8 Å². The van der Waals surface area contributed by atoms with Crippen LogP contribution in [0, 0.1) is 0 Å². The Morgan fingerprint density at radius 1 is 1.11 bits per heavy atom. The lowest BCUT2D eigenvalue weighted by Gasteiger charge is -2.04. The molecule has 0 amide bonds. The molecule has 2 N–H and O–H groups in total. The first-order valence-electron chi connectivity index (χ1n) is 5.28. The number of hydrogen-bond donors (Lipinski definition) is 1. The molecular weight excluding hydrogens is 318 g/mol. The van der Waals surface area contributed by atoms with E-state index in [9.17, 15) is 8.42 Å². The lowest BCUT2D eigenvalue weighted by molar-refractivity contribution is 0.477. The van der Waals surface area contributed by atoms with Crippen LogP contribution in [0.2, 0.25) is 0 Å². The van der Waals surface area contributed by atoms with Crippen molar-refractivity contribution in [2.45, 2.75) is 17.2 Å². The summed E-state index contributed by atoms with van der Waals surface area (Å²) in [6.45, 7) is 0.259. The summed E-state index contributed by atoms with van der Waals surface area (Å²) in [6.07, 6.45) is 0. The van der Waals surface area contributed by atoms with Gasteiger partial charge in [0.2, 0.25) is 0 Å². The third-order valence-corrected chi connectivity index (χ3v) is 5.07. The lowest BCUT2D eigenvalue weighted by Crippen LogP contribution is -2.05. The summed E-state index contributed by atoms with van der Waals surface area (Å²) < 4.78 is 30.3. The molecule has 0 fully saturated rings. The molecule has 0 spiro atoms. The monoisotopic (exact) mass is 329 g/mol. The number of nitrogens with two attached hydrogens (primary N) is 1. The molecule has 0 saturated heterocycles. The van der Waals surface area contributed by atoms with Crippen LogP contribution in [0.4, 0.5) is 0 Å². The van der Waals surface area contributed by atoms with Crippen LogP contribution in [0.1, 0.15) is 11.5 Å². The van der Waals surface area contributed by atoms with Gasteiger partial charge in [-0.1, -0.05) is 12.1 Å². The Kier molecular flexibility index (Phi) is 3.89. The van der Waals surface area contributed by atoms with Crippen molar-refractivity contribution in [2.75, 3.05) is 0 Å². The van der Waals surface area contributed by atoms with Crippen molar-refractivity contribution in [3.8, 4) is 0 Å². The van der Waals surface area contributed by atoms with Crippen molar-refractivity contribution in [1.29, 1.82) is 0 Å². The average Bonchev–Trinajstić information content (AvgIpc) is 2.76. The van der Waals surface area contributed by atoms with Crippen molar-refractivity contribution < 1.29 is 12.8 Å². The van der Waals surface area contributed by atoms with Gasteiger partial charge < -0.3 is 10.2 Å². The molecule has 1 aromatic heterocycles. The molecule has 0 unspecified atom stereocenters. The topological polar surface area (TPSA) is 73.3 Å². The SMILES string of the molecule is NCc1ccc(CS(=O)(=O)c2ccccc2Br)o1. The molecule has 0 radical (unpaired) electrons. The largest absolute Gasteiger partial charge is 0.464 e. The van der Waals surface area contributed by atoms with Gasteiger partial charge in [0, 0.05) is 4.47 Å². The van der Waals surface area contributed by atoms with Crippen molar-refractivity contribution in [3.05, 3.63) is 52.4 Å². The smallest absolute Gasteiger partial charge is 0.186 e. The van der Waals surface area contributed by atoms with Crippen molar-refractivity contribution in [1.82, 2.24) is 0 Å². The van der Waals surface area contributed by atoms with E-state index in [0.717, 1.165) is 0 Å². The van der Waals surface area contributed by atoms with Gasteiger partial charge in [0.15, 0.2) is 9.84 Å². The molecule has 0 saturated carbocycles. The first-order chi connectivity index (χ1) is 8.53. The van der Waals surface area contributed by atoms with Gasteiger partial charge in [-0.2, -0.15) is 0 Å². The Bertz CT molecular complexity index is 649. The summed E-state index contributed by atoms with van der Waals surface area (Å²) >= 11 is 3.23. The number of benzene rings is 1. The van der Waals surface area contributed by atoms with Crippen LogP contribution in [0.5, 0.6) is 0 Å². The number of hydrogen-bond acceptors (Lipinski definition) is 4. The van der Waals surface area contributed by atoms with Crippen LogP contribution in [0.15, 0.2) is 50.2 Å². The standard InChI is InChI=1S/C12H12BrNO3S/c13-11-3-1-2-4-12(11)18(15,16)8-10-6-5-9(7-14)17-10/h1-6H,7-8,14H2. The molecule has 0 atom stereocenters. The second-order valence-electron chi connectivity index (χ2n) is 3.76. The van der Waals surface area contributed by atoms with Gasteiger partial charge >= 0.3 is 0 Å². The van der Waals surface area contributed by atoms with Gasteiger partial charge in [-0.3, -0.25) is 0 Å². The summed E-state index contributed by atoms with van der Waals surface area (Å²) in [5.74, 6) is 0.800. The normalized spacial score (nSPS) is 11.7. The van der Waals surface area contributed by atoms with Crippen LogP contribution in [-0.2, 0) is 22.1 Å². The minimum Gasteiger partial charge on any atom is -0.464 e. The van der Waals surface area contributed by atoms with Crippen LogP contribution < -0.4 is 5.73 Å². The minimum atomic E-state index is -3.42. The van der Waals surface area contributed by atoms with E-state index in [4.69, 9.17) is 10.2 Å². The number of rotatable bonds is 4. The molecule has 1 aromatic carbocycles. The van der Waals surface area contributed by atoms with Gasteiger partial charge in [-0.05, 0) is 40.2 Å². The number of halogens is 1. The highest BCUT2D eigenvalue weighted by atomic mass is 79.9. The fourth-order valence-corrected chi connectivity index (χ4v) is 3.93. The first kappa shape index (κ1) is 13.3. The van der Waals surface area contributed by atoms with E-state index < -0.39 is 9.84 Å². The molecule has 4 nitrogen and oxygen atoms in total. The lowest BCUT2D eigenvalue weighted by atomic mass is 10.4. The molecule has 96 valence electrons. The van der Waals surface area contributed by atoms with Gasteiger partial charge in [-0.25, -0.2) is 8.42 Å². The van der Waals surface area contributed by atoms with E-state index in [1.807, 2.05) is 0 Å². The van der Waals surface area contributed by atoms with Crippen LogP contribution in [0.3, 0.4) is 0 Å². The van der Waals surface area contributed by atoms with E-state index in [0.29, 0.717) is 16.0 Å². The molecule has 18 heavy (non-hydrogen) atoms. The second kappa shape index (κ2) is 5.26. The zero-order chi connectivity index (χ0) is 13.2. The minimum absolute atomic E-state index is 0.171. The highest BCUT2D eigenvalue weighted by Gasteiger charge is 2.19. The summed E-state index contributed by atoms with van der Waals surface area (Å²) in [6, 6.07) is 10.0. The van der Waals surface area contributed by atoms with E-state index >= 15 is 0 Å². The van der Waals surface area contributed by atoms with Crippen molar-refractivity contribution in [3.63, 3.8) is 0 Å². The van der Waals surface area contributed by atoms with Gasteiger partial charge in [0.05, 0.1) is 11.4 Å². The molecule has 1 heterocycles. The van der Waals surface area contributed by atoms with Gasteiger partial charge in [-0.15, -0.1) is 0 Å². The summed E-state index contributed by atoms with van der Waals surface area (Å²) in [7, 11) is -3.42. The molecule has 0 bridgehead atoms. The van der Waals surface area contributed by atoms with Gasteiger partial charge in [0.1, 0.15) is 17.3 Å². The fourth-order valence-electron chi connectivity index (χ4n) is 1.57. The Morgan fingerprint density at radius 2 is 1.78 bits per heavy atom. The third kappa shape index (κ3) is 2.82. The highest BCUT2D eigenvalue weighted by molar-refractivity contribution is 9.10. The van der Waals surface area contributed by atoms with Gasteiger partial charge in [0.25, 0.3) is 0 Å². The molecule has 2 rings (SSSR count). The van der Waals surface area contributed by atoms with Crippen LogP contribution in [-0.4, -0.2) is 8.42 Å². The maximum Gasteiger partial charge on any atom is 0.186 e. The average molecular weight is 330 g/mol. The Labute approximate surface area is 114 Å². The van der Waals surface area contributed by atoms with Crippen LogP contribution >= 0.6 is 15.9 Å². The molecule has 0 aliphatic carbocycles.